The van der Waals surface area contributed by atoms with Gasteiger partial charge in [0.15, 0.2) is 11.5 Å². The highest BCUT2D eigenvalue weighted by Crippen LogP contribution is 2.29. The van der Waals surface area contributed by atoms with Gasteiger partial charge in [0.05, 0.1) is 7.11 Å². The summed E-state index contributed by atoms with van der Waals surface area (Å²) in [5.74, 6) is 0.647. The largest absolute Gasteiger partial charge is 0.497 e. The molecule has 0 fully saturated rings. The van der Waals surface area contributed by atoms with E-state index in [2.05, 4.69) is 0 Å². The van der Waals surface area contributed by atoms with E-state index < -0.39 is 0 Å². The van der Waals surface area contributed by atoms with E-state index in [0.717, 1.165) is 10.9 Å². The zero-order chi connectivity index (χ0) is 22.0. The Morgan fingerprint density at radius 3 is 2.23 bits per heavy atom. The van der Waals surface area contributed by atoms with Gasteiger partial charge in [-0.25, -0.2) is 0 Å². The van der Waals surface area contributed by atoms with Crippen LogP contribution < -0.4 is 4.74 Å². The van der Waals surface area contributed by atoms with E-state index >= 15 is 0 Å². The molecule has 0 radical (unpaired) electrons. The molecule has 4 nitrogen and oxygen atoms in total. The maximum Gasteiger partial charge on any atom is 0.228 e. The molecule has 0 spiro atoms. The number of methoxy groups -OCH3 is 1. The monoisotopic (exact) mass is 410 g/mol. The van der Waals surface area contributed by atoms with E-state index in [-0.39, 0.29) is 17.3 Å². The number of ketones is 2. The van der Waals surface area contributed by atoms with Crippen molar-refractivity contribution < 1.29 is 18.7 Å². The third-order valence-electron chi connectivity index (χ3n) is 5.28. The molecule has 0 aliphatic carbocycles. The van der Waals surface area contributed by atoms with Gasteiger partial charge >= 0.3 is 0 Å². The first-order chi connectivity index (χ1) is 15.0. The minimum absolute atomic E-state index is 0.105. The number of aryl methyl sites for hydroxylation is 2. The normalized spacial score (nSPS) is 11.2. The van der Waals surface area contributed by atoms with E-state index in [0.29, 0.717) is 28.0 Å². The molecule has 3 aromatic carbocycles. The van der Waals surface area contributed by atoms with Crippen LogP contribution in [0.4, 0.5) is 0 Å². The predicted molar refractivity (Wildman–Crippen MR) is 122 cm³/mol. The summed E-state index contributed by atoms with van der Waals surface area (Å²) in [4.78, 5) is 25.6. The molecular weight excluding hydrogens is 388 g/mol. The van der Waals surface area contributed by atoms with Crippen molar-refractivity contribution in [2.75, 3.05) is 7.11 Å². The fraction of sp³-hybridized carbons (Fsp3) is 0.111. The van der Waals surface area contributed by atoms with Crippen LogP contribution in [0.3, 0.4) is 0 Å². The molecule has 0 saturated carbocycles. The fourth-order valence-electron chi connectivity index (χ4n) is 3.41. The Balaban J connectivity index is 1.62. The van der Waals surface area contributed by atoms with Gasteiger partial charge in [0.2, 0.25) is 5.78 Å². The molecule has 4 heteroatoms. The molecule has 0 aliphatic heterocycles. The number of rotatable bonds is 6. The molecule has 154 valence electrons. The second-order valence-corrected chi connectivity index (χ2v) is 7.43. The number of allylic oxidation sites excluding steroid dienone is 1. The number of fused-ring (bicyclic) bond motifs is 1. The highest BCUT2D eigenvalue weighted by atomic mass is 16.5. The molecule has 0 N–H and O–H groups in total. The van der Waals surface area contributed by atoms with E-state index in [1.54, 1.807) is 61.7 Å². The molecule has 1 aromatic heterocycles. The first kappa shape index (κ1) is 20.4. The van der Waals surface area contributed by atoms with E-state index in [4.69, 9.17) is 9.15 Å². The number of hydrogen-bond acceptors (Lipinski definition) is 4. The molecule has 0 atom stereocenters. The SMILES string of the molecule is COc1ccc(C(=O)c2oc3ccc(C(=O)/C=C/c4ccc(C)cc4)cc3c2C)cc1. The van der Waals surface area contributed by atoms with Crippen LogP contribution in [0.25, 0.3) is 17.0 Å². The third kappa shape index (κ3) is 4.19. The number of hydrogen-bond donors (Lipinski definition) is 0. The van der Waals surface area contributed by atoms with Crippen molar-refractivity contribution in [1.29, 1.82) is 0 Å². The van der Waals surface area contributed by atoms with Crippen molar-refractivity contribution in [3.8, 4) is 5.75 Å². The molecule has 4 aromatic rings. The van der Waals surface area contributed by atoms with Crippen molar-refractivity contribution in [2.24, 2.45) is 0 Å². The molecular formula is C27H22O4. The zero-order valence-corrected chi connectivity index (χ0v) is 17.6. The molecule has 0 amide bonds. The first-order valence-corrected chi connectivity index (χ1v) is 9.97. The molecule has 4 rings (SSSR count). The molecule has 0 saturated heterocycles. The van der Waals surface area contributed by atoms with Gasteiger partial charge in [-0.05, 0) is 68.0 Å². The van der Waals surface area contributed by atoms with Crippen molar-refractivity contribution in [3.63, 3.8) is 0 Å². The average Bonchev–Trinajstić information content (AvgIpc) is 3.14. The Kier molecular flexibility index (Phi) is 5.54. The lowest BCUT2D eigenvalue weighted by Gasteiger charge is -2.01. The lowest BCUT2D eigenvalue weighted by Crippen LogP contribution is -2.01. The molecule has 31 heavy (non-hydrogen) atoms. The van der Waals surface area contributed by atoms with Crippen molar-refractivity contribution in [1.82, 2.24) is 0 Å². The van der Waals surface area contributed by atoms with Crippen molar-refractivity contribution >= 4 is 28.6 Å². The van der Waals surface area contributed by atoms with Crippen LogP contribution in [0.5, 0.6) is 5.75 Å². The second kappa shape index (κ2) is 8.44. The van der Waals surface area contributed by atoms with Crippen molar-refractivity contribution in [3.05, 3.63) is 106 Å². The van der Waals surface area contributed by atoms with Crippen molar-refractivity contribution in [2.45, 2.75) is 13.8 Å². The lowest BCUT2D eigenvalue weighted by molar-refractivity contribution is 0.101. The predicted octanol–water partition coefficient (Wildman–Crippen LogP) is 6.19. The summed E-state index contributed by atoms with van der Waals surface area (Å²) in [7, 11) is 1.58. The summed E-state index contributed by atoms with van der Waals surface area (Å²) in [5, 5.41) is 0.756. The highest BCUT2D eigenvalue weighted by Gasteiger charge is 2.20. The minimum Gasteiger partial charge on any atom is -0.497 e. The zero-order valence-electron chi connectivity index (χ0n) is 17.6. The van der Waals surface area contributed by atoms with Gasteiger partial charge in [-0.1, -0.05) is 35.9 Å². The summed E-state index contributed by atoms with van der Waals surface area (Å²) >= 11 is 0. The standard InChI is InChI=1S/C27H22O4/c1-17-4-6-19(7-5-17)8-14-24(28)21-11-15-25-23(16-21)18(2)27(31-25)26(29)20-9-12-22(30-3)13-10-20/h4-16H,1-3H3/b14-8+. The topological polar surface area (TPSA) is 56.5 Å². The summed E-state index contributed by atoms with van der Waals surface area (Å²) in [6.45, 7) is 3.85. The minimum atomic E-state index is -0.205. The maximum absolute atomic E-state index is 12.9. The number of ether oxygens (including phenoxy) is 1. The van der Waals surface area contributed by atoms with Gasteiger partial charge in [-0.2, -0.15) is 0 Å². The van der Waals surface area contributed by atoms with Crippen LogP contribution in [-0.2, 0) is 0 Å². The summed E-state index contributed by atoms with van der Waals surface area (Å²) in [6.07, 6.45) is 3.36. The quantitative estimate of drug-likeness (QED) is 0.281. The number of carbonyl (C=O) groups is 2. The highest BCUT2D eigenvalue weighted by molar-refractivity contribution is 6.12. The molecule has 1 heterocycles. The average molecular weight is 410 g/mol. The Labute approximate surface area is 180 Å². The van der Waals surface area contributed by atoms with Gasteiger partial charge in [-0.3, -0.25) is 9.59 Å². The first-order valence-electron chi connectivity index (χ1n) is 9.97. The van der Waals surface area contributed by atoms with E-state index in [1.807, 2.05) is 38.1 Å². The summed E-state index contributed by atoms with van der Waals surface area (Å²) in [5.41, 5.74) is 4.49. The molecule has 0 bridgehead atoms. The van der Waals surface area contributed by atoms with E-state index in [9.17, 15) is 9.59 Å². The Bertz CT molecular complexity index is 1290. The second-order valence-electron chi connectivity index (χ2n) is 7.43. The maximum atomic E-state index is 12.9. The lowest BCUT2D eigenvalue weighted by atomic mass is 10.0. The van der Waals surface area contributed by atoms with Crippen LogP contribution in [0, 0.1) is 13.8 Å². The smallest absolute Gasteiger partial charge is 0.228 e. The Hall–Kier alpha value is -3.92. The number of carbonyl (C=O) groups excluding carboxylic acids is 2. The number of benzene rings is 3. The van der Waals surface area contributed by atoms with Gasteiger partial charge in [0.1, 0.15) is 11.3 Å². The van der Waals surface area contributed by atoms with Gasteiger partial charge < -0.3 is 9.15 Å². The van der Waals surface area contributed by atoms with Gasteiger partial charge in [-0.15, -0.1) is 0 Å². The fourth-order valence-corrected chi connectivity index (χ4v) is 3.41. The van der Waals surface area contributed by atoms with Crippen LogP contribution in [-0.4, -0.2) is 18.7 Å². The number of furan rings is 1. The van der Waals surface area contributed by atoms with Crippen LogP contribution in [0.15, 0.2) is 77.2 Å². The van der Waals surface area contributed by atoms with Crippen LogP contribution in [0.1, 0.15) is 43.2 Å². The summed E-state index contributed by atoms with van der Waals surface area (Å²) < 4.78 is 11.0. The van der Waals surface area contributed by atoms with Crippen LogP contribution >= 0.6 is 0 Å². The Morgan fingerprint density at radius 2 is 1.55 bits per heavy atom. The third-order valence-corrected chi connectivity index (χ3v) is 5.28. The van der Waals surface area contributed by atoms with Gasteiger partial charge in [0.25, 0.3) is 0 Å². The van der Waals surface area contributed by atoms with E-state index in [1.165, 1.54) is 5.56 Å². The molecule has 0 aliphatic rings. The van der Waals surface area contributed by atoms with Crippen LogP contribution in [0.2, 0.25) is 0 Å². The van der Waals surface area contributed by atoms with Gasteiger partial charge in [0, 0.05) is 22.1 Å². The Morgan fingerprint density at radius 1 is 0.871 bits per heavy atom. The summed E-state index contributed by atoms with van der Waals surface area (Å²) in [6, 6.07) is 20.1. The molecule has 0 unspecified atom stereocenters.